The molecule has 0 unspecified atom stereocenters. The molecule has 0 bridgehead atoms. The van der Waals surface area contributed by atoms with Gasteiger partial charge in [0.2, 0.25) is 0 Å². The van der Waals surface area contributed by atoms with E-state index in [2.05, 4.69) is 0 Å². The summed E-state index contributed by atoms with van der Waals surface area (Å²) in [5.41, 5.74) is 0.0942. The van der Waals surface area contributed by atoms with Crippen LogP contribution in [0.3, 0.4) is 0 Å². The summed E-state index contributed by atoms with van der Waals surface area (Å²) in [5.74, 6) is -1.06. The van der Waals surface area contributed by atoms with Crippen molar-refractivity contribution in [3.8, 4) is 0 Å². The molecule has 0 spiro atoms. The maximum Gasteiger partial charge on any atom is 0.352 e. The molecule has 0 saturated heterocycles. The van der Waals surface area contributed by atoms with Gasteiger partial charge in [0.15, 0.2) is 9.84 Å². The van der Waals surface area contributed by atoms with Gasteiger partial charge in [0.05, 0.1) is 4.75 Å². The zero-order chi connectivity index (χ0) is 12.6. The standard InChI is InChI=1S/C10H15NO4S/c1-10(2,16(3,14)15)7-11-6-4-5-8(11)9(12)13/h4-6H,7H2,1-3H3,(H,12,13). The minimum absolute atomic E-state index is 0.0942. The summed E-state index contributed by atoms with van der Waals surface area (Å²) in [7, 11) is -3.23. The van der Waals surface area contributed by atoms with Crippen molar-refractivity contribution in [1.29, 1.82) is 0 Å². The molecular formula is C10H15NO4S. The van der Waals surface area contributed by atoms with Crippen LogP contribution in [0.15, 0.2) is 18.3 Å². The molecule has 6 heteroatoms. The highest BCUT2D eigenvalue weighted by Gasteiger charge is 2.31. The summed E-state index contributed by atoms with van der Waals surface area (Å²) in [5, 5.41) is 8.88. The topological polar surface area (TPSA) is 76.4 Å². The zero-order valence-electron chi connectivity index (χ0n) is 9.47. The van der Waals surface area contributed by atoms with Crippen molar-refractivity contribution in [1.82, 2.24) is 4.57 Å². The van der Waals surface area contributed by atoms with Gasteiger partial charge in [0, 0.05) is 19.0 Å². The van der Waals surface area contributed by atoms with Gasteiger partial charge in [-0.05, 0) is 26.0 Å². The van der Waals surface area contributed by atoms with E-state index in [0.717, 1.165) is 6.26 Å². The van der Waals surface area contributed by atoms with E-state index in [9.17, 15) is 13.2 Å². The third-order valence-electron chi connectivity index (χ3n) is 2.60. The Morgan fingerprint density at radius 2 is 2.06 bits per heavy atom. The summed E-state index contributed by atoms with van der Waals surface area (Å²) in [6.45, 7) is 3.28. The minimum Gasteiger partial charge on any atom is -0.477 e. The Balaban J connectivity index is 3.06. The summed E-state index contributed by atoms with van der Waals surface area (Å²) in [6, 6.07) is 3.03. The second-order valence-electron chi connectivity index (χ2n) is 4.36. The molecule has 0 fully saturated rings. The van der Waals surface area contributed by atoms with Gasteiger partial charge in [-0.15, -0.1) is 0 Å². The molecule has 5 nitrogen and oxygen atoms in total. The van der Waals surface area contributed by atoms with Crippen molar-refractivity contribution in [2.75, 3.05) is 6.26 Å². The van der Waals surface area contributed by atoms with E-state index in [-0.39, 0.29) is 12.2 Å². The molecule has 1 N–H and O–H groups in total. The number of aromatic nitrogens is 1. The van der Waals surface area contributed by atoms with Gasteiger partial charge in [-0.1, -0.05) is 0 Å². The molecule has 16 heavy (non-hydrogen) atoms. The Hall–Kier alpha value is -1.30. The van der Waals surface area contributed by atoms with Crippen LogP contribution in [0.4, 0.5) is 0 Å². The van der Waals surface area contributed by atoms with Gasteiger partial charge in [0.25, 0.3) is 0 Å². The molecule has 1 aromatic rings. The highest BCUT2D eigenvalue weighted by molar-refractivity contribution is 7.92. The average Bonchev–Trinajstić information content (AvgIpc) is 2.49. The minimum atomic E-state index is -3.23. The second kappa shape index (κ2) is 3.93. The molecular weight excluding hydrogens is 230 g/mol. The maximum atomic E-state index is 11.5. The van der Waals surface area contributed by atoms with Crippen LogP contribution in [-0.2, 0) is 16.4 Å². The van der Waals surface area contributed by atoms with Crippen molar-refractivity contribution in [2.45, 2.75) is 25.1 Å². The lowest BCUT2D eigenvalue weighted by atomic mass is 10.2. The normalized spacial score (nSPS) is 12.7. The Labute approximate surface area is 94.6 Å². The summed E-state index contributed by atoms with van der Waals surface area (Å²) < 4.78 is 23.4. The van der Waals surface area contributed by atoms with Crippen LogP contribution < -0.4 is 0 Å². The van der Waals surface area contributed by atoms with Crippen LogP contribution in [0.25, 0.3) is 0 Å². The van der Waals surface area contributed by atoms with Crippen molar-refractivity contribution in [2.24, 2.45) is 0 Å². The lowest BCUT2D eigenvalue weighted by molar-refractivity contribution is 0.0684. The zero-order valence-corrected chi connectivity index (χ0v) is 10.3. The number of carboxylic acids is 1. The maximum absolute atomic E-state index is 11.5. The molecule has 1 heterocycles. The lowest BCUT2D eigenvalue weighted by Gasteiger charge is -2.23. The fourth-order valence-corrected chi connectivity index (χ4v) is 1.65. The Morgan fingerprint density at radius 3 is 2.50 bits per heavy atom. The average molecular weight is 245 g/mol. The van der Waals surface area contributed by atoms with Crippen LogP contribution in [0.2, 0.25) is 0 Å². The molecule has 0 aliphatic carbocycles. The number of carbonyl (C=O) groups is 1. The number of sulfone groups is 1. The molecule has 0 aliphatic rings. The van der Waals surface area contributed by atoms with E-state index in [4.69, 9.17) is 5.11 Å². The summed E-state index contributed by atoms with van der Waals surface area (Å²) in [4.78, 5) is 10.8. The Bertz CT molecular complexity index is 499. The van der Waals surface area contributed by atoms with Gasteiger partial charge in [0.1, 0.15) is 5.69 Å². The molecule has 0 radical (unpaired) electrons. The molecule has 1 aromatic heterocycles. The van der Waals surface area contributed by atoms with Crippen molar-refractivity contribution in [3.05, 3.63) is 24.0 Å². The van der Waals surface area contributed by atoms with Crippen LogP contribution in [-0.4, -0.2) is 35.1 Å². The van der Waals surface area contributed by atoms with Crippen LogP contribution in [0.5, 0.6) is 0 Å². The number of rotatable bonds is 4. The largest absolute Gasteiger partial charge is 0.477 e. The summed E-state index contributed by atoms with van der Waals surface area (Å²) in [6.07, 6.45) is 2.72. The third-order valence-corrected chi connectivity index (χ3v) is 4.74. The Morgan fingerprint density at radius 1 is 1.50 bits per heavy atom. The molecule has 0 atom stereocenters. The van der Waals surface area contributed by atoms with E-state index in [1.807, 2.05) is 0 Å². The SMILES string of the molecule is CC(C)(Cn1cccc1C(=O)O)S(C)(=O)=O. The first-order valence-electron chi connectivity index (χ1n) is 4.73. The predicted octanol–water partition coefficient (Wildman–Crippen LogP) is 1.01. The first-order chi connectivity index (χ1) is 7.15. The number of hydrogen-bond acceptors (Lipinski definition) is 3. The van der Waals surface area contributed by atoms with E-state index < -0.39 is 20.6 Å². The van der Waals surface area contributed by atoms with Crippen molar-refractivity contribution in [3.63, 3.8) is 0 Å². The van der Waals surface area contributed by atoms with Gasteiger partial charge < -0.3 is 9.67 Å². The van der Waals surface area contributed by atoms with E-state index in [1.165, 1.54) is 10.6 Å². The molecule has 0 saturated carbocycles. The van der Waals surface area contributed by atoms with E-state index in [0.29, 0.717) is 0 Å². The first-order valence-corrected chi connectivity index (χ1v) is 6.62. The fraction of sp³-hybridized carbons (Fsp3) is 0.500. The van der Waals surface area contributed by atoms with Gasteiger partial charge >= 0.3 is 5.97 Å². The fourth-order valence-electron chi connectivity index (χ4n) is 1.27. The van der Waals surface area contributed by atoms with Crippen LogP contribution >= 0.6 is 0 Å². The van der Waals surface area contributed by atoms with Crippen LogP contribution in [0, 0.1) is 0 Å². The Kier molecular flexibility index (Phi) is 3.14. The highest BCUT2D eigenvalue weighted by atomic mass is 32.2. The third kappa shape index (κ3) is 2.44. The van der Waals surface area contributed by atoms with Gasteiger partial charge in [-0.25, -0.2) is 13.2 Å². The van der Waals surface area contributed by atoms with Crippen molar-refractivity contribution >= 4 is 15.8 Å². The molecule has 90 valence electrons. The highest BCUT2D eigenvalue weighted by Crippen LogP contribution is 2.19. The molecule has 0 aliphatic heterocycles. The monoisotopic (exact) mass is 245 g/mol. The molecule has 1 rings (SSSR count). The second-order valence-corrected chi connectivity index (χ2v) is 7.01. The predicted molar refractivity (Wildman–Crippen MR) is 60.3 cm³/mol. The van der Waals surface area contributed by atoms with Crippen LogP contribution in [0.1, 0.15) is 24.3 Å². The first kappa shape index (κ1) is 12.8. The van der Waals surface area contributed by atoms with E-state index in [1.54, 1.807) is 26.1 Å². The lowest BCUT2D eigenvalue weighted by Crippen LogP contribution is -2.36. The quantitative estimate of drug-likeness (QED) is 0.858. The number of hydrogen-bond donors (Lipinski definition) is 1. The number of aromatic carboxylic acids is 1. The summed E-state index contributed by atoms with van der Waals surface area (Å²) >= 11 is 0. The molecule has 0 amide bonds. The van der Waals surface area contributed by atoms with Gasteiger partial charge in [-0.3, -0.25) is 0 Å². The number of carboxylic acid groups (broad SMARTS) is 1. The smallest absolute Gasteiger partial charge is 0.352 e. The van der Waals surface area contributed by atoms with Crippen molar-refractivity contribution < 1.29 is 18.3 Å². The molecule has 0 aromatic carbocycles. The number of nitrogens with zero attached hydrogens (tertiary/aromatic N) is 1. The van der Waals surface area contributed by atoms with Gasteiger partial charge in [-0.2, -0.15) is 0 Å². The van der Waals surface area contributed by atoms with E-state index >= 15 is 0 Å².